The molecule has 18 heavy (non-hydrogen) atoms. The molecule has 0 atom stereocenters. The Morgan fingerprint density at radius 1 is 1.33 bits per heavy atom. The maximum Gasteiger partial charge on any atom is 0.213 e. The van der Waals surface area contributed by atoms with Crippen LogP contribution in [0.2, 0.25) is 0 Å². The fraction of sp³-hybridized carbons (Fsp3) is 0.643. The van der Waals surface area contributed by atoms with Crippen LogP contribution in [-0.4, -0.2) is 37.1 Å². The molecule has 0 aliphatic heterocycles. The summed E-state index contributed by atoms with van der Waals surface area (Å²) in [7, 11) is 4.12. The quantitative estimate of drug-likeness (QED) is 0.562. The molecule has 1 aromatic heterocycles. The lowest BCUT2D eigenvalue weighted by atomic mass is 10.1. The molecule has 1 aromatic rings. The van der Waals surface area contributed by atoms with Gasteiger partial charge in [-0.1, -0.05) is 13.8 Å². The number of hydrogen-bond acceptors (Lipinski definition) is 3. The molecule has 0 radical (unpaired) electrons. The lowest BCUT2D eigenvalue weighted by molar-refractivity contribution is 0.272. The van der Waals surface area contributed by atoms with Crippen molar-refractivity contribution in [1.82, 2.24) is 9.88 Å². The van der Waals surface area contributed by atoms with Crippen molar-refractivity contribution in [3.63, 3.8) is 0 Å². The second kappa shape index (κ2) is 7.59. The Labute approximate surface area is 115 Å². The molecule has 0 aliphatic carbocycles. The van der Waals surface area contributed by atoms with Gasteiger partial charge >= 0.3 is 0 Å². The number of ether oxygens (including phenoxy) is 1. The molecule has 0 saturated carbocycles. The van der Waals surface area contributed by atoms with Crippen molar-refractivity contribution in [2.45, 2.75) is 32.1 Å². The van der Waals surface area contributed by atoms with Gasteiger partial charge < -0.3 is 9.64 Å². The minimum atomic E-state index is 0.386. The maximum absolute atomic E-state index is 5.89. The average Bonchev–Trinajstić information content (AvgIpc) is 2.34. The van der Waals surface area contributed by atoms with Gasteiger partial charge in [0.15, 0.2) is 0 Å². The molecular formula is C14H23ClN2O. The minimum Gasteiger partial charge on any atom is -0.478 e. The summed E-state index contributed by atoms with van der Waals surface area (Å²) in [4.78, 5) is 6.65. The first-order valence-corrected chi connectivity index (χ1v) is 6.90. The number of hydrogen-bond donors (Lipinski definition) is 0. The van der Waals surface area contributed by atoms with Gasteiger partial charge in [0.1, 0.15) is 0 Å². The summed E-state index contributed by atoms with van der Waals surface area (Å²) in [5, 5.41) is 0. The number of rotatable bonds is 7. The van der Waals surface area contributed by atoms with Gasteiger partial charge in [-0.05, 0) is 38.1 Å². The van der Waals surface area contributed by atoms with Crippen LogP contribution >= 0.6 is 11.6 Å². The summed E-state index contributed by atoms with van der Waals surface area (Å²) >= 11 is 5.89. The van der Waals surface area contributed by atoms with E-state index in [2.05, 4.69) is 37.8 Å². The van der Waals surface area contributed by atoms with E-state index in [0.717, 1.165) is 24.2 Å². The van der Waals surface area contributed by atoms with E-state index in [1.54, 1.807) is 0 Å². The Balaban J connectivity index is 2.61. The van der Waals surface area contributed by atoms with Crippen molar-refractivity contribution in [2.24, 2.45) is 0 Å². The highest BCUT2D eigenvalue weighted by Gasteiger charge is 2.06. The van der Waals surface area contributed by atoms with Gasteiger partial charge in [-0.2, -0.15) is 0 Å². The molecule has 1 rings (SSSR count). The first-order chi connectivity index (χ1) is 8.52. The van der Waals surface area contributed by atoms with Crippen molar-refractivity contribution >= 4 is 11.6 Å². The van der Waals surface area contributed by atoms with Gasteiger partial charge in [-0.3, -0.25) is 0 Å². The highest BCUT2D eigenvalue weighted by atomic mass is 35.5. The van der Waals surface area contributed by atoms with Crippen molar-refractivity contribution in [1.29, 1.82) is 0 Å². The van der Waals surface area contributed by atoms with Crippen LogP contribution in [0.25, 0.3) is 0 Å². The highest BCUT2D eigenvalue weighted by molar-refractivity contribution is 6.17. The van der Waals surface area contributed by atoms with Crippen LogP contribution in [0.4, 0.5) is 0 Å². The van der Waals surface area contributed by atoms with Crippen LogP contribution in [0.5, 0.6) is 5.88 Å². The minimum absolute atomic E-state index is 0.386. The van der Waals surface area contributed by atoms with E-state index in [0.29, 0.717) is 24.3 Å². The molecule has 3 nitrogen and oxygen atoms in total. The van der Waals surface area contributed by atoms with Crippen LogP contribution in [0.15, 0.2) is 12.1 Å². The lowest BCUT2D eigenvalue weighted by Gasteiger charge is -2.12. The molecule has 0 bridgehead atoms. The van der Waals surface area contributed by atoms with Crippen LogP contribution in [0, 0.1) is 0 Å². The van der Waals surface area contributed by atoms with Gasteiger partial charge in [-0.25, -0.2) is 4.98 Å². The zero-order valence-electron chi connectivity index (χ0n) is 11.7. The third-order valence-electron chi connectivity index (χ3n) is 2.63. The summed E-state index contributed by atoms with van der Waals surface area (Å²) < 4.78 is 5.69. The first kappa shape index (κ1) is 15.3. The van der Waals surface area contributed by atoms with Crippen LogP contribution in [0.1, 0.15) is 37.4 Å². The molecule has 0 aliphatic rings. The van der Waals surface area contributed by atoms with Gasteiger partial charge in [0.25, 0.3) is 0 Å². The molecule has 0 aromatic carbocycles. The topological polar surface area (TPSA) is 25.4 Å². The molecule has 0 fully saturated rings. The fourth-order valence-electron chi connectivity index (χ4n) is 1.59. The van der Waals surface area contributed by atoms with Crippen LogP contribution in [0.3, 0.4) is 0 Å². The molecule has 0 saturated heterocycles. The lowest BCUT2D eigenvalue weighted by Crippen LogP contribution is -2.15. The van der Waals surface area contributed by atoms with E-state index in [9.17, 15) is 0 Å². The van der Waals surface area contributed by atoms with Gasteiger partial charge in [0.05, 0.1) is 6.61 Å². The van der Waals surface area contributed by atoms with Crippen molar-refractivity contribution in [2.75, 3.05) is 27.2 Å². The van der Waals surface area contributed by atoms with Gasteiger partial charge in [0, 0.05) is 24.2 Å². The maximum atomic E-state index is 5.89. The molecular weight excluding hydrogens is 248 g/mol. The van der Waals surface area contributed by atoms with Crippen molar-refractivity contribution in [3.05, 3.63) is 23.4 Å². The van der Waals surface area contributed by atoms with Crippen molar-refractivity contribution < 1.29 is 4.74 Å². The number of alkyl halides is 1. The summed E-state index contributed by atoms with van der Waals surface area (Å²) in [5.74, 6) is 1.57. The number of pyridine rings is 1. The number of halogens is 1. The molecule has 102 valence electrons. The van der Waals surface area contributed by atoms with E-state index in [1.165, 1.54) is 0 Å². The summed E-state index contributed by atoms with van der Waals surface area (Å²) in [6.45, 7) is 5.95. The third kappa shape index (κ3) is 5.23. The predicted molar refractivity (Wildman–Crippen MR) is 76.5 cm³/mol. The van der Waals surface area contributed by atoms with E-state index in [1.807, 2.05) is 12.1 Å². The van der Waals surface area contributed by atoms with Gasteiger partial charge in [0.2, 0.25) is 5.88 Å². The van der Waals surface area contributed by atoms with E-state index < -0.39 is 0 Å². The normalized spacial score (nSPS) is 11.3. The van der Waals surface area contributed by atoms with E-state index >= 15 is 0 Å². The first-order valence-electron chi connectivity index (χ1n) is 6.37. The summed E-state index contributed by atoms with van der Waals surface area (Å²) in [6.07, 6.45) is 0.997. The highest BCUT2D eigenvalue weighted by Crippen LogP contribution is 2.20. The Kier molecular flexibility index (Phi) is 6.44. The zero-order chi connectivity index (χ0) is 13.5. The molecule has 0 unspecified atom stereocenters. The second-order valence-corrected chi connectivity index (χ2v) is 5.30. The van der Waals surface area contributed by atoms with Crippen LogP contribution < -0.4 is 4.74 Å². The predicted octanol–water partition coefficient (Wildman–Crippen LogP) is 3.27. The zero-order valence-corrected chi connectivity index (χ0v) is 12.5. The average molecular weight is 271 g/mol. The second-order valence-electron chi connectivity index (χ2n) is 5.03. The largest absolute Gasteiger partial charge is 0.478 e. The Morgan fingerprint density at radius 2 is 2.06 bits per heavy atom. The fourth-order valence-corrected chi connectivity index (χ4v) is 1.74. The summed E-state index contributed by atoms with van der Waals surface area (Å²) in [5.41, 5.74) is 2.11. The smallest absolute Gasteiger partial charge is 0.213 e. The third-order valence-corrected chi connectivity index (χ3v) is 2.94. The van der Waals surface area contributed by atoms with Gasteiger partial charge in [-0.15, -0.1) is 11.6 Å². The van der Waals surface area contributed by atoms with Crippen molar-refractivity contribution in [3.8, 4) is 5.88 Å². The molecule has 0 N–H and O–H groups in total. The van der Waals surface area contributed by atoms with E-state index in [4.69, 9.17) is 16.3 Å². The number of aromatic nitrogens is 1. The molecule has 4 heteroatoms. The number of nitrogens with zero attached hydrogens (tertiary/aromatic N) is 2. The van der Waals surface area contributed by atoms with Crippen LogP contribution in [-0.2, 0) is 5.88 Å². The standard InChI is InChI=1S/C14H23ClN2O/c1-11(2)13-8-12(10-15)9-14(16-13)18-7-5-6-17(3)4/h8-9,11H,5-7,10H2,1-4H3. The molecule has 0 spiro atoms. The Morgan fingerprint density at radius 3 is 2.61 bits per heavy atom. The summed E-state index contributed by atoms with van der Waals surface area (Å²) in [6, 6.07) is 3.97. The monoisotopic (exact) mass is 270 g/mol. The SMILES string of the molecule is CC(C)c1cc(CCl)cc(OCCCN(C)C)n1. The Bertz CT molecular complexity index is 367. The molecule has 1 heterocycles. The Hall–Kier alpha value is -0.800. The molecule has 0 amide bonds. The van der Waals surface area contributed by atoms with E-state index in [-0.39, 0.29) is 0 Å².